The molecule has 0 saturated heterocycles. The molecular weight excluding hydrogens is 340 g/mol. The SMILES string of the molecule is C=C(CCC=C(C)C)C1CCC2C3CCC4=CC(=O)CCC4(C)C3CCC12C. The van der Waals surface area contributed by atoms with Crippen molar-refractivity contribution >= 4 is 5.78 Å². The minimum Gasteiger partial charge on any atom is -0.295 e. The van der Waals surface area contributed by atoms with Crippen LogP contribution in [-0.4, -0.2) is 5.78 Å². The summed E-state index contributed by atoms with van der Waals surface area (Å²) in [6, 6.07) is 0. The molecule has 1 nitrogen and oxygen atoms in total. The van der Waals surface area contributed by atoms with Gasteiger partial charge in [0.2, 0.25) is 0 Å². The summed E-state index contributed by atoms with van der Waals surface area (Å²) in [6.07, 6.45) is 16.6. The molecule has 1 heteroatoms. The molecule has 4 aliphatic rings. The van der Waals surface area contributed by atoms with E-state index in [4.69, 9.17) is 0 Å². The highest BCUT2D eigenvalue weighted by Crippen LogP contribution is 2.67. The number of hydrogen-bond donors (Lipinski definition) is 0. The molecule has 0 N–H and O–H groups in total. The quantitative estimate of drug-likeness (QED) is 0.463. The van der Waals surface area contributed by atoms with Gasteiger partial charge in [-0.25, -0.2) is 0 Å². The van der Waals surface area contributed by atoms with Gasteiger partial charge in [-0.15, -0.1) is 0 Å². The van der Waals surface area contributed by atoms with Gasteiger partial charge in [-0.1, -0.05) is 43.2 Å². The minimum absolute atomic E-state index is 0.302. The molecule has 6 unspecified atom stereocenters. The Labute approximate surface area is 172 Å². The Morgan fingerprint density at radius 2 is 1.89 bits per heavy atom. The predicted molar refractivity (Wildman–Crippen MR) is 118 cm³/mol. The largest absolute Gasteiger partial charge is 0.295 e. The van der Waals surface area contributed by atoms with Crippen molar-refractivity contribution in [2.24, 2.45) is 34.5 Å². The first-order valence-electron chi connectivity index (χ1n) is 11.8. The highest BCUT2D eigenvalue weighted by Gasteiger charge is 2.59. The molecular formula is C27H40O. The fourth-order valence-electron chi connectivity index (χ4n) is 7.95. The average molecular weight is 381 g/mol. The van der Waals surface area contributed by atoms with Gasteiger partial charge in [0.25, 0.3) is 0 Å². The lowest BCUT2D eigenvalue weighted by molar-refractivity contribution is -0.117. The van der Waals surface area contributed by atoms with E-state index >= 15 is 0 Å². The Morgan fingerprint density at radius 1 is 1.11 bits per heavy atom. The molecule has 0 heterocycles. The van der Waals surface area contributed by atoms with Crippen molar-refractivity contribution in [3.63, 3.8) is 0 Å². The summed E-state index contributed by atoms with van der Waals surface area (Å²) < 4.78 is 0. The Morgan fingerprint density at radius 3 is 2.64 bits per heavy atom. The maximum absolute atomic E-state index is 12.0. The number of carbonyl (C=O) groups is 1. The first kappa shape index (κ1) is 20.2. The predicted octanol–water partition coefficient (Wildman–Crippen LogP) is 7.44. The number of carbonyl (C=O) groups excluding carboxylic acids is 1. The summed E-state index contributed by atoms with van der Waals surface area (Å²) in [6.45, 7) is 14.1. The van der Waals surface area contributed by atoms with Crippen LogP contribution in [0.2, 0.25) is 0 Å². The molecule has 3 fully saturated rings. The number of allylic oxidation sites excluding steroid dienone is 4. The maximum atomic E-state index is 12.0. The topological polar surface area (TPSA) is 17.1 Å². The highest BCUT2D eigenvalue weighted by molar-refractivity contribution is 5.91. The van der Waals surface area contributed by atoms with E-state index in [1.54, 1.807) is 0 Å². The lowest BCUT2D eigenvalue weighted by Crippen LogP contribution is -2.50. The van der Waals surface area contributed by atoms with E-state index in [0.717, 1.165) is 42.9 Å². The fourth-order valence-corrected chi connectivity index (χ4v) is 7.95. The first-order valence-corrected chi connectivity index (χ1v) is 11.8. The Balaban J connectivity index is 1.52. The van der Waals surface area contributed by atoms with Gasteiger partial charge in [0, 0.05) is 6.42 Å². The molecule has 28 heavy (non-hydrogen) atoms. The Kier molecular flexibility index (Phi) is 5.26. The van der Waals surface area contributed by atoms with Crippen LogP contribution in [0.15, 0.2) is 35.5 Å². The molecule has 0 radical (unpaired) electrons. The molecule has 0 aromatic carbocycles. The van der Waals surface area contributed by atoms with Crippen LogP contribution in [0.3, 0.4) is 0 Å². The van der Waals surface area contributed by atoms with Crippen LogP contribution in [-0.2, 0) is 4.79 Å². The third kappa shape index (κ3) is 3.17. The van der Waals surface area contributed by atoms with Crippen molar-refractivity contribution < 1.29 is 4.79 Å². The molecule has 0 aromatic heterocycles. The third-order valence-corrected chi connectivity index (χ3v) is 9.47. The van der Waals surface area contributed by atoms with Gasteiger partial charge in [0.05, 0.1) is 0 Å². The molecule has 0 spiro atoms. The van der Waals surface area contributed by atoms with E-state index in [0.29, 0.717) is 16.6 Å². The fraction of sp³-hybridized carbons (Fsp3) is 0.741. The van der Waals surface area contributed by atoms with Gasteiger partial charge in [-0.2, -0.15) is 0 Å². The summed E-state index contributed by atoms with van der Waals surface area (Å²) in [7, 11) is 0. The average Bonchev–Trinajstić information content (AvgIpc) is 2.99. The standard InChI is InChI=1S/C27H40O/c1-18(2)7-6-8-19(3)23-11-12-24-22-10-9-20-17-21(28)13-15-26(20,4)25(22)14-16-27(23,24)5/h7,17,22-25H,3,6,8-16H2,1-2,4-5H3. The van der Waals surface area contributed by atoms with Crippen LogP contribution < -0.4 is 0 Å². The molecule has 4 rings (SSSR count). The van der Waals surface area contributed by atoms with Crippen LogP contribution >= 0.6 is 0 Å². The number of fused-ring (bicyclic) bond motifs is 5. The van der Waals surface area contributed by atoms with Gasteiger partial charge in [-0.05, 0) is 112 Å². The molecule has 4 aliphatic carbocycles. The number of hydrogen-bond acceptors (Lipinski definition) is 1. The van der Waals surface area contributed by atoms with Crippen LogP contribution in [0.25, 0.3) is 0 Å². The van der Waals surface area contributed by atoms with E-state index in [1.807, 2.05) is 6.08 Å². The van der Waals surface area contributed by atoms with Gasteiger partial charge in [0.15, 0.2) is 5.78 Å². The van der Waals surface area contributed by atoms with E-state index < -0.39 is 0 Å². The van der Waals surface area contributed by atoms with Crippen molar-refractivity contribution in [1.82, 2.24) is 0 Å². The number of ketones is 1. The lowest BCUT2D eigenvalue weighted by atomic mass is 9.46. The summed E-state index contributed by atoms with van der Waals surface area (Å²) in [5.74, 6) is 3.63. The van der Waals surface area contributed by atoms with Gasteiger partial charge >= 0.3 is 0 Å². The van der Waals surface area contributed by atoms with E-state index in [9.17, 15) is 4.79 Å². The monoisotopic (exact) mass is 380 g/mol. The van der Waals surface area contributed by atoms with E-state index in [1.165, 1.54) is 61.7 Å². The summed E-state index contributed by atoms with van der Waals surface area (Å²) >= 11 is 0. The zero-order chi connectivity index (χ0) is 20.1. The van der Waals surface area contributed by atoms with Crippen molar-refractivity contribution in [3.8, 4) is 0 Å². The second-order valence-electron chi connectivity index (χ2n) is 11.1. The van der Waals surface area contributed by atoms with Gasteiger partial charge in [-0.3, -0.25) is 4.79 Å². The van der Waals surface area contributed by atoms with Crippen molar-refractivity contribution in [2.45, 2.75) is 91.9 Å². The molecule has 6 atom stereocenters. The van der Waals surface area contributed by atoms with Crippen LogP contribution in [0, 0.1) is 34.5 Å². The van der Waals surface area contributed by atoms with E-state index in [-0.39, 0.29) is 0 Å². The maximum Gasteiger partial charge on any atom is 0.155 e. The van der Waals surface area contributed by atoms with Crippen molar-refractivity contribution in [1.29, 1.82) is 0 Å². The smallest absolute Gasteiger partial charge is 0.155 e. The second kappa shape index (κ2) is 7.29. The zero-order valence-corrected chi connectivity index (χ0v) is 18.7. The molecule has 154 valence electrons. The molecule has 0 aliphatic heterocycles. The second-order valence-corrected chi connectivity index (χ2v) is 11.1. The first-order chi connectivity index (χ1) is 13.3. The van der Waals surface area contributed by atoms with Crippen molar-refractivity contribution in [3.05, 3.63) is 35.5 Å². The molecule has 0 bridgehead atoms. The molecule has 3 saturated carbocycles. The van der Waals surface area contributed by atoms with Crippen LogP contribution in [0.1, 0.15) is 91.9 Å². The summed E-state index contributed by atoms with van der Waals surface area (Å²) in [4.78, 5) is 12.0. The molecule has 0 amide bonds. The van der Waals surface area contributed by atoms with E-state index in [2.05, 4.69) is 40.3 Å². The Hall–Kier alpha value is -1.11. The van der Waals surface area contributed by atoms with Crippen molar-refractivity contribution in [2.75, 3.05) is 0 Å². The van der Waals surface area contributed by atoms with Gasteiger partial charge in [0.1, 0.15) is 0 Å². The van der Waals surface area contributed by atoms with Crippen LogP contribution in [0.4, 0.5) is 0 Å². The summed E-state index contributed by atoms with van der Waals surface area (Å²) in [5.41, 5.74) is 5.21. The minimum atomic E-state index is 0.302. The summed E-state index contributed by atoms with van der Waals surface area (Å²) in [5, 5.41) is 0. The normalized spacial score (nSPS) is 42.1. The van der Waals surface area contributed by atoms with Crippen LogP contribution in [0.5, 0.6) is 0 Å². The van der Waals surface area contributed by atoms with Gasteiger partial charge < -0.3 is 0 Å². The number of rotatable bonds is 4. The third-order valence-electron chi connectivity index (χ3n) is 9.47. The molecule has 0 aromatic rings. The lowest BCUT2D eigenvalue weighted by Gasteiger charge is -2.58. The highest BCUT2D eigenvalue weighted by atomic mass is 16.1. The zero-order valence-electron chi connectivity index (χ0n) is 18.7. The Bertz CT molecular complexity index is 721.